The highest BCUT2D eigenvalue weighted by molar-refractivity contribution is 6.00. The number of aromatic nitrogens is 3. The van der Waals surface area contributed by atoms with Crippen LogP contribution in [0.5, 0.6) is 0 Å². The van der Waals surface area contributed by atoms with E-state index in [1.54, 1.807) is 6.33 Å². The van der Waals surface area contributed by atoms with Gasteiger partial charge in [-0.25, -0.2) is 14.8 Å². The molecule has 1 aliphatic rings. The van der Waals surface area contributed by atoms with Gasteiger partial charge in [0, 0.05) is 40.9 Å². The van der Waals surface area contributed by atoms with Crippen LogP contribution in [0.2, 0.25) is 0 Å². The van der Waals surface area contributed by atoms with Crippen molar-refractivity contribution in [3.63, 3.8) is 0 Å². The van der Waals surface area contributed by atoms with Gasteiger partial charge in [0.05, 0.1) is 5.39 Å². The summed E-state index contributed by atoms with van der Waals surface area (Å²) in [6.07, 6.45) is 7.48. The lowest BCUT2D eigenvalue weighted by atomic mass is 9.90. The number of carbonyl (C=O) groups is 1. The van der Waals surface area contributed by atoms with Crippen molar-refractivity contribution in [1.29, 1.82) is 0 Å². The van der Waals surface area contributed by atoms with Crippen molar-refractivity contribution in [2.75, 3.05) is 28.6 Å². The summed E-state index contributed by atoms with van der Waals surface area (Å²) in [5.41, 5.74) is 6.13. The van der Waals surface area contributed by atoms with E-state index in [1.165, 1.54) is 5.56 Å². The Balaban J connectivity index is 0.00000169. The van der Waals surface area contributed by atoms with Gasteiger partial charge in [-0.05, 0) is 60.6 Å². The van der Waals surface area contributed by atoms with Crippen LogP contribution >= 0.6 is 0 Å². The molecule has 0 spiro atoms. The number of para-hydroxylation sites is 1. The van der Waals surface area contributed by atoms with Crippen LogP contribution in [0.15, 0.2) is 61.1 Å². The van der Waals surface area contributed by atoms with Gasteiger partial charge in [-0.15, -0.1) is 0 Å². The zero-order chi connectivity index (χ0) is 24.2. The zero-order valence-corrected chi connectivity index (χ0v) is 20.3. The summed E-state index contributed by atoms with van der Waals surface area (Å²) in [7, 11) is 0. The molecule has 35 heavy (non-hydrogen) atoms. The highest BCUT2D eigenvalue weighted by atomic mass is 16.2. The van der Waals surface area contributed by atoms with E-state index in [9.17, 15) is 4.79 Å². The summed E-state index contributed by atoms with van der Waals surface area (Å²) in [6, 6.07) is 16.3. The maximum atomic E-state index is 12.9. The summed E-state index contributed by atoms with van der Waals surface area (Å²) in [5, 5.41) is 7.20. The number of benzene rings is 2. The van der Waals surface area contributed by atoms with Crippen LogP contribution in [0.3, 0.4) is 0 Å². The molecule has 3 heterocycles. The molecule has 1 aliphatic heterocycles. The van der Waals surface area contributed by atoms with Gasteiger partial charge in [0.25, 0.3) is 0 Å². The molecule has 0 saturated carbocycles. The Morgan fingerprint density at radius 1 is 1.09 bits per heavy atom. The van der Waals surface area contributed by atoms with Crippen molar-refractivity contribution in [2.45, 2.75) is 45.4 Å². The van der Waals surface area contributed by atoms with Gasteiger partial charge in [0.1, 0.15) is 17.8 Å². The van der Waals surface area contributed by atoms with Crippen molar-refractivity contribution in [2.24, 2.45) is 0 Å². The zero-order valence-electron chi connectivity index (χ0n) is 20.3. The number of aryl methyl sites for hydroxylation is 2. The predicted molar refractivity (Wildman–Crippen MR) is 149 cm³/mol. The smallest absolute Gasteiger partial charge is 0.323 e. The van der Waals surface area contributed by atoms with Crippen LogP contribution in [-0.4, -0.2) is 34.1 Å². The number of urea groups is 1. The van der Waals surface area contributed by atoms with Gasteiger partial charge < -0.3 is 20.5 Å². The number of anilines is 3. The number of rotatable bonds is 6. The largest absolute Gasteiger partial charge is 0.355 e. The number of piperidine rings is 1. The summed E-state index contributed by atoms with van der Waals surface area (Å²) in [6.45, 7) is 6.08. The third kappa shape index (κ3) is 4.85. The average molecular weight is 475 g/mol. The third-order valence-electron chi connectivity index (χ3n) is 6.91. The van der Waals surface area contributed by atoms with E-state index >= 15 is 0 Å². The van der Waals surface area contributed by atoms with E-state index in [0.29, 0.717) is 5.92 Å². The Kier molecular flexibility index (Phi) is 6.66. The summed E-state index contributed by atoms with van der Waals surface area (Å²) >= 11 is 0. The fraction of sp³-hybridized carbons (Fsp3) is 0.321. The molecule has 3 N–H and O–H groups in total. The molecule has 1 saturated heterocycles. The quantitative estimate of drug-likeness (QED) is 0.285. The van der Waals surface area contributed by atoms with Crippen molar-refractivity contribution >= 4 is 34.3 Å². The Morgan fingerprint density at radius 3 is 2.69 bits per heavy atom. The van der Waals surface area contributed by atoms with Gasteiger partial charge in [0.2, 0.25) is 0 Å². The molecule has 4 aromatic rings. The second kappa shape index (κ2) is 10.2. The topological polar surface area (TPSA) is 85.9 Å². The molecule has 7 nitrogen and oxygen atoms in total. The lowest BCUT2D eigenvalue weighted by molar-refractivity contribution is 0.262. The normalized spacial score (nSPS) is 15.8. The number of aromatic amines is 1. The minimum atomic E-state index is -0.209. The minimum absolute atomic E-state index is 0. The summed E-state index contributed by atoms with van der Waals surface area (Å²) in [5.74, 6) is 1.35. The summed E-state index contributed by atoms with van der Waals surface area (Å²) in [4.78, 5) is 27.3. The highest BCUT2D eigenvalue weighted by Crippen LogP contribution is 2.33. The molecule has 7 heteroatoms. The number of H-pyrrole nitrogens is 1. The van der Waals surface area contributed by atoms with E-state index in [-0.39, 0.29) is 10.3 Å². The Morgan fingerprint density at radius 2 is 1.89 bits per heavy atom. The minimum Gasteiger partial charge on any atom is -0.355 e. The van der Waals surface area contributed by atoms with Crippen LogP contribution in [0.25, 0.3) is 11.0 Å². The summed E-state index contributed by atoms with van der Waals surface area (Å²) < 4.78 is 0. The third-order valence-corrected chi connectivity index (χ3v) is 6.91. The molecular formula is C28H38N6O. The first-order valence-electron chi connectivity index (χ1n) is 12.5. The second-order valence-corrected chi connectivity index (χ2v) is 9.09. The highest BCUT2D eigenvalue weighted by Gasteiger charge is 2.24. The first kappa shape index (κ1) is 22.9. The fourth-order valence-corrected chi connectivity index (χ4v) is 5.10. The predicted octanol–water partition coefficient (Wildman–Crippen LogP) is 6.85. The van der Waals surface area contributed by atoms with Crippen LogP contribution in [-0.2, 0) is 12.8 Å². The molecule has 1 fully saturated rings. The molecular weight excluding hydrogens is 436 g/mol. The number of hydrogen-bond acceptors (Lipinski definition) is 4. The van der Waals surface area contributed by atoms with Crippen LogP contribution in [0.4, 0.5) is 22.0 Å². The van der Waals surface area contributed by atoms with Crippen molar-refractivity contribution in [1.82, 2.24) is 15.0 Å². The average Bonchev–Trinajstić information content (AvgIpc) is 3.38. The second-order valence-electron chi connectivity index (χ2n) is 9.09. The molecule has 2 aromatic carbocycles. The Hall–Kier alpha value is -3.87. The van der Waals surface area contributed by atoms with E-state index < -0.39 is 0 Å². The lowest BCUT2D eigenvalue weighted by Crippen LogP contribution is -2.35. The van der Waals surface area contributed by atoms with Crippen molar-refractivity contribution in [3.8, 4) is 0 Å². The van der Waals surface area contributed by atoms with E-state index in [0.717, 1.165) is 78.1 Å². The Bertz CT molecular complexity index is 1320. The number of fused-ring (bicyclic) bond motifs is 1. The number of nitrogens with one attached hydrogen (secondary N) is 3. The van der Waals surface area contributed by atoms with Crippen LogP contribution in [0, 0.1) is 0 Å². The molecule has 1 unspecified atom stereocenters. The molecule has 1 atom stereocenters. The number of nitrogens with zero attached hydrogens (tertiary/aromatic N) is 3. The standard InChI is InChI=1S/C28H32N6O.3H2/c1-3-19-8-5-9-20(4-2)25(19)33-28(35)32-23-12-6-10-21(16-23)22-11-7-15-34(17-22)27-24-13-14-29-26(24)30-18-31-27;;;/h5-6,8-10,12-14,16,18,22H,3-4,7,11,15,17H2,1-2H3,(H,29,30,31)(H2,32,33,35);3*1H. The molecule has 186 valence electrons. The molecule has 0 aliphatic carbocycles. The van der Waals surface area contributed by atoms with Crippen molar-refractivity contribution < 1.29 is 9.07 Å². The maximum absolute atomic E-state index is 12.9. The van der Waals surface area contributed by atoms with Gasteiger partial charge in [-0.2, -0.15) is 0 Å². The molecule has 0 bridgehead atoms. The van der Waals surface area contributed by atoms with E-state index in [4.69, 9.17) is 0 Å². The molecule has 5 rings (SSSR count). The van der Waals surface area contributed by atoms with E-state index in [2.05, 4.69) is 74.7 Å². The van der Waals surface area contributed by atoms with Gasteiger partial charge in [-0.3, -0.25) is 0 Å². The van der Waals surface area contributed by atoms with E-state index in [1.807, 2.05) is 24.4 Å². The Labute approximate surface area is 210 Å². The number of carbonyl (C=O) groups excluding carboxylic acids is 1. The lowest BCUT2D eigenvalue weighted by Gasteiger charge is -2.34. The molecule has 2 amide bonds. The fourth-order valence-electron chi connectivity index (χ4n) is 5.10. The van der Waals surface area contributed by atoms with Gasteiger partial charge in [-0.1, -0.05) is 44.2 Å². The van der Waals surface area contributed by atoms with Crippen LogP contribution < -0.4 is 15.5 Å². The molecule has 0 radical (unpaired) electrons. The van der Waals surface area contributed by atoms with Crippen LogP contribution in [0.1, 0.15) is 53.6 Å². The first-order valence-corrected chi connectivity index (χ1v) is 12.5. The monoisotopic (exact) mass is 474 g/mol. The van der Waals surface area contributed by atoms with Crippen molar-refractivity contribution in [3.05, 3.63) is 77.7 Å². The number of amides is 2. The van der Waals surface area contributed by atoms with Gasteiger partial charge in [0.15, 0.2) is 0 Å². The first-order chi connectivity index (χ1) is 17.2. The number of hydrogen-bond donors (Lipinski definition) is 3. The molecule has 2 aromatic heterocycles. The SMILES string of the molecule is CCc1cccc(CC)c1NC(=O)Nc1cccc(C2CCCN(c3ncnc4[nH]ccc34)C2)c1.[HH].[HH].[HH]. The van der Waals surface area contributed by atoms with Gasteiger partial charge >= 0.3 is 6.03 Å². The maximum Gasteiger partial charge on any atom is 0.323 e.